The van der Waals surface area contributed by atoms with Crippen molar-refractivity contribution in [3.05, 3.63) is 60.3 Å². The van der Waals surface area contributed by atoms with E-state index in [1.165, 1.54) is 19.1 Å². The van der Waals surface area contributed by atoms with Crippen LogP contribution in [0.1, 0.15) is 18.4 Å². The van der Waals surface area contributed by atoms with E-state index in [2.05, 4.69) is 6.58 Å². The average Bonchev–Trinajstić information content (AvgIpc) is 2.71. The zero-order valence-corrected chi connectivity index (χ0v) is 15.6. The Morgan fingerprint density at radius 1 is 1.26 bits per heavy atom. The quantitative estimate of drug-likeness (QED) is 0.395. The van der Waals surface area contributed by atoms with Gasteiger partial charge in [0.15, 0.2) is 0 Å². The normalized spacial score (nSPS) is 19.2. The van der Waals surface area contributed by atoms with E-state index < -0.39 is 18.1 Å². The highest BCUT2D eigenvalue weighted by Gasteiger charge is 2.40. The van der Waals surface area contributed by atoms with Crippen molar-refractivity contribution < 1.29 is 28.5 Å². The van der Waals surface area contributed by atoms with Crippen LogP contribution in [0, 0.1) is 0 Å². The Labute approximate surface area is 159 Å². The van der Waals surface area contributed by atoms with E-state index in [9.17, 15) is 9.59 Å². The van der Waals surface area contributed by atoms with Crippen LogP contribution < -0.4 is 0 Å². The molecule has 1 aliphatic heterocycles. The van der Waals surface area contributed by atoms with Crippen LogP contribution in [-0.4, -0.2) is 50.1 Å². The van der Waals surface area contributed by atoms with Gasteiger partial charge < -0.3 is 18.9 Å². The molecule has 2 rings (SSSR count). The minimum Gasteiger partial charge on any atom is -0.464 e. The highest BCUT2D eigenvalue weighted by atomic mass is 16.7. The number of carbonyl (C=O) groups is 2. The summed E-state index contributed by atoms with van der Waals surface area (Å²) in [5.41, 5.74) is 0.985. The number of nitrogens with zero attached hydrogens (tertiary/aromatic N) is 1. The van der Waals surface area contributed by atoms with Crippen LogP contribution in [0.2, 0.25) is 0 Å². The summed E-state index contributed by atoms with van der Waals surface area (Å²) in [5, 5.41) is 0. The van der Waals surface area contributed by atoms with Gasteiger partial charge in [0.2, 0.25) is 0 Å². The lowest BCUT2D eigenvalue weighted by molar-refractivity contribution is -0.140. The maximum atomic E-state index is 12.8. The number of benzene rings is 1. The first-order valence-corrected chi connectivity index (χ1v) is 8.62. The van der Waals surface area contributed by atoms with E-state index in [4.69, 9.17) is 18.9 Å². The molecule has 27 heavy (non-hydrogen) atoms. The van der Waals surface area contributed by atoms with Gasteiger partial charge in [0.05, 0.1) is 19.3 Å². The number of carbonyl (C=O) groups excluding carboxylic acids is 2. The fourth-order valence-corrected chi connectivity index (χ4v) is 2.90. The number of rotatable bonds is 8. The van der Waals surface area contributed by atoms with Gasteiger partial charge in [-0.3, -0.25) is 4.90 Å². The Bertz CT molecular complexity index is 672. The lowest BCUT2D eigenvalue weighted by Gasteiger charge is -2.39. The van der Waals surface area contributed by atoms with Crippen LogP contribution >= 0.6 is 0 Å². The molecule has 7 heteroatoms. The first-order chi connectivity index (χ1) is 13.1. The van der Waals surface area contributed by atoms with E-state index in [-0.39, 0.29) is 25.2 Å². The van der Waals surface area contributed by atoms with Crippen LogP contribution in [-0.2, 0) is 30.3 Å². The Morgan fingerprint density at radius 3 is 2.63 bits per heavy atom. The van der Waals surface area contributed by atoms with Crippen molar-refractivity contribution in [1.82, 2.24) is 4.90 Å². The maximum absolute atomic E-state index is 12.8. The molecule has 0 fully saturated rings. The van der Waals surface area contributed by atoms with Crippen molar-refractivity contribution in [3.63, 3.8) is 0 Å². The Kier molecular flexibility index (Phi) is 8.03. The second kappa shape index (κ2) is 10.5. The number of hydrogen-bond acceptors (Lipinski definition) is 6. The molecule has 146 valence electrons. The predicted octanol–water partition coefficient (Wildman–Crippen LogP) is 3.02. The molecule has 0 bridgehead atoms. The van der Waals surface area contributed by atoms with Crippen LogP contribution in [0.3, 0.4) is 0 Å². The molecule has 1 heterocycles. The minimum absolute atomic E-state index is 0.0760. The second-order valence-corrected chi connectivity index (χ2v) is 5.93. The molecule has 0 spiro atoms. The fraction of sp³-hybridized carbons (Fsp3) is 0.400. The van der Waals surface area contributed by atoms with Crippen molar-refractivity contribution in [1.29, 1.82) is 0 Å². The Balaban J connectivity index is 2.23. The monoisotopic (exact) mass is 375 g/mol. The predicted molar refractivity (Wildman–Crippen MR) is 98.5 cm³/mol. The van der Waals surface area contributed by atoms with Crippen molar-refractivity contribution in [2.45, 2.75) is 31.6 Å². The summed E-state index contributed by atoms with van der Waals surface area (Å²) in [6, 6.07) is 8.85. The molecule has 1 aromatic carbocycles. The number of hydrogen-bond donors (Lipinski definition) is 0. The molecule has 1 aliphatic rings. The first kappa shape index (κ1) is 20.7. The summed E-state index contributed by atoms with van der Waals surface area (Å²) < 4.78 is 20.9. The fourth-order valence-electron chi connectivity index (χ4n) is 2.90. The minimum atomic E-state index is -0.645. The molecular formula is C20H25NO6. The van der Waals surface area contributed by atoms with Crippen molar-refractivity contribution in [2.75, 3.05) is 21.0 Å². The molecule has 0 aliphatic carbocycles. The van der Waals surface area contributed by atoms with Crippen molar-refractivity contribution in [2.24, 2.45) is 0 Å². The number of ether oxygens (including phenoxy) is 4. The number of methoxy groups -OCH3 is 2. The highest BCUT2D eigenvalue weighted by Crippen LogP contribution is 2.28. The van der Waals surface area contributed by atoms with Gasteiger partial charge >= 0.3 is 12.1 Å². The average molecular weight is 375 g/mol. The van der Waals surface area contributed by atoms with E-state index in [0.29, 0.717) is 12.8 Å². The number of esters is 1. The summed E-state index contributed by atoms with van der Waals surface area (Å²) in [6.07, 6.45) is 3.15. The van der Waals surface area contributed by atoms with Crippen LogP contribution in [0.4, 0.5) is 4.79 Å². The molecule has 0 saturated carbocycles. The van der Waals surface area contributed by atoms with Crippen LogP contribution in [0.15, 0.2) is 54.8 Å². The van der Waals surface area contributed by atoms with Crippen LogP contribution in [0.25, 0.3) is 0 Å². The Morgan fingerprint density at radius 2 is 2.00 bits per heavy atom. The molecule has 0 saturated heterocycles. The molecule has 7 nitrogen and oxygen atoms in total. The zero-order chi connectivity index (χ0) is 19.6. The van der Waals surface area contributed by atoms with Gasteiger partial charge in [-0.2, -0.15) is 0 Å². The summed E-state index contributed by atoms with van der Waals surface area (Å²) >= 11 is 0. The van der Waals surface area contributed by atoms with E-state index >= 15 is 0 Å². The molecule has 2 atom stereocenters. The number of amides is 1. The molecule has 0 N–H and O–H groups in total. The standard InChI is InChI=1S/C20H25NO6/c1-4-8-16-18(27-14-24-2)12-11-17(19(22)25-3)21(16)20(23)26-13-15-9-6-5-7-10-15/h4-7,9-11,16,18H,1,8,12-14H2,2-3H3. The zero-order valence-electron chi connectivity index (χ0n) is 15.6. The first-order valence-electron chi connectivity index (χ1n) is 8.62. The van der Waals surface area contributed by atoms with Gasteiger partial charge in [0.1, 0.15) is 19.1 Å². The third-order valence-corrected chi connectivity index (χ3v) is 4.17. The van der Waals surface area contributed by atoms with E-state index in [0.717, 1.165) is 5.56 Å². The van der Waals surface area contributed by atoms with Gasteiger partial charge in [-0.05, 0) is 18.4 Å². The van der Waals surface area contributed by atoms with Crippen molar-refractivity contribution >= 4 is 12.1 Å². The van der Waals surface area contributed by atoms with Gasteiger partial charge in [0, 0.05) is 7.11 Å². The Hall–Kier alpha value is -2.64. The third kappa shape index (κ3) is 5.42. The molecule has 0 aromatic heterocycles. The highest BCUT2D eigenvalue weighted by molar-refractivity contribution is 5.92. The van der Waals surface area contributed by atoms with Gasteiger partial charge in [-0.15, -0.1) is 6.58 Å². The van der Waals surface area contributed by atoms with Crippen molar-refractivity contribution in [3.8, 4) is 0 Å². The smallest absolute Gasteiger partial charge is 0.415 e. The van der Waals surface area contributed by atoms with Gasteiger partial charge in [0.25, 0.3) is 0 Å². The lowest BCUT2D eigenvalue weighted by atomic mass is 9.97. The summed E-state index contributed by atoms with van der Waals surface area (Å²) in [7, 11) is 2.79. The van der Waals surface area contributed by atoms with Gasteiger partial charge in [-0.25, -0.2) is 9.59 Å². The van der Waals surface area contributed by atoms with E-state index in [1.54, 1.807) is 12.2 Å². The molecular weight excluding hydrogens is 350 g/mol. The third-order valence-electron chi connectivity index (χ3n) is 4.17. The SMILES string of the molecule is C=CCC1C(OCOC)CC=C(C(=O)OC)N1C(=O)OCc1ccccc1. The largest absolute Gasteiger partial charge is 0.464 e. The molecule has 1 aromatic rings. The topological polar surface area (TPSA) is 74.3 Å². The van der Waals surface area contributed by atoms with Crippen LogP contribution in [0.5, 0.6) is 0 Å². The van der Waals surface area contributed by atoms with E-state index in [1.807, 2.05) is 30.3 Å². The summed E-state index contributed by atoms with van der Waals surface area (Å²) in [6.45, 7) is 3.91. The molecule has 2 unspecified atom stereocenters. The molecule has 0 radical (unpaired) electrons. The maximum Gasteiger partial charge on any atom is 0.415 e. The summed E-state index contributed by atoms with van der Waals surface area (Å²) in [4.78, 5) is 26.3. The summed E-state index contributed by atoms with van der Waals surface area (Å²) in [5.74, 6) is -0.606. The lowest BCUT2D eigenvalue weighted by Crippen LogP contribution is -2.51. The molecule has 1 amide bonds. The van der Waals surface area contributed by atoms with Gasteiger partial charge in [-0.1, -0.05) is 42.5 Å². The second-order valence-electron chi connectivity index (χ2n) is 5.93.